The Hall–Kier alpha value is -1.93. The molecule has 2 rings (SSSR count). The van der Waals surface area contributed by atoms with Crippen molar-refractivity contribution >= 4 is 17.4 Å². The Labute approximate surface area is 97.7 Å². The lowest BCUT2D eigenvalue weighted by atomic mass is 10.2. The van der Waals surface area contributed by atoms with Crippen LogP contribution in [0.1, 0.15) is 5.56 Å². The maximum absolute atomic E-state index is 9.16. The lowest BCUT2D eigenvalue weighted by Gasteiger charge is -2.06. The summed E-state index contributed by atoms with van der Waals surface area (Å²) in [5, 5.41) is 13.3. The molecule has 0 spiro atoms. The van der Waals surface area contributed by atoms with E-state index in [4.69, 9.17) is 11.0 Å². The lowest BCUT2D eigenvalue weighted by molar-refractivity contribution is 0.873. The fourth-order valence-electron chi connectivity index (χ4n) is 1.46. The van der Waals surface area contributed by atoms with Gasteiger partial charge >= 0.3 is 0 Å². The van der Waals surface area contributed by atoms with Gasteiger partial charge in [0.25, 0.3) is 0 Å². The van der Waals surface area contributed by atoms with Crippen molar-refractivity contribution in [3.8, 4) is 11.8 Å². The fourth-order valence-corrected chi connectivity index (χ4v) is 2.03. The summed E-state index contributed by atoms with van der Waals surface area (Å²) in [6, 6.07) is 7.87. The first-order valence-electron chi connectivity index (χ1n) is 4.64. The highest BCUT2D eigenvalue weighted by Gasteiger charge is 2.09. The molecule has 0 saturated heterocycles. The van der Waals surface area contributed by atoms with Gasteiger partial charge in [0.05, 0.1) is 29.3 Å². The number of benzene rings is 1. The minimum absolute atomic E-state index is 0.582. The molecular formula is C11H10N4S. The molecule has 1 aromatic heterocycles. The van der Waals surface area contributed by atoms with Crippen LogP contribution in [0.3, 0.4) is 0 Å². The zero-order valence-corrected chi connectivity index (χ0v) is 9.53. The van der Waals surface area contributed by atoms with Crippen molar-refractivity contribution in [2.75, 3.05) is 12.0 Å². The van der Waals surface area contributed by atoms with Crippen LogP contribution in [-0.4, -0.2) is 16.0 Å². The quantitative estimate of drug-likeness (QED) is 0.802. The van der Waals surface area contributed by atoms with E-state index in [2.05, 4.69) is 11.2 Å². The van der Waals surface area contributed by atoms with Crippen LogP contribution in [0.4, 0.5) is 5.69 Å². The molecule has 5 heteroatoms. The number of nitrogens with zero attached hydrogens (tertiary/aromatic N) is 3. The van der Waals surface area contributed by atoms with Gasteiger partial charge in [-0.3, -0.25) is 0 Å². The van der Waals surface area contributed by atoms with Crippen LogP contribution in [0, 0.1) is 11.3 Å². The third kappa shape index (κ3) is 1.75. The van der Waals surface area contributed by atoms with Crippen LogP contribution in [-0.2, 0) is 0 Å². The van der Waals surface area contributed by atoms with Crippen molar-refractivity contribution in [3.63, 3.8) is 0 Å². The number of rotatable bonds is 2. The van der Waals surface area contributed by atoms with Crippen molar-refractivity contribution in [1.29, 1.82) is 5.26 Å². The number of thioether (sulfide) groups is 1. The minimum atomic E-state index is 0.582. The van der Waals surface area contributed by atoms with E-state index in [1.807, 2.05) is 24.5 Å². The summed E-state index contributed by atoms with van der Waals surface area (Å²) in [5.41, 5.74) is 7.57. The number of hydrogen-bond acceptors (Lipinski definition) is 4. The molecule has 0 aliphatic carbocycles. The molecule has 80 valence electrons. The van der Waals surface area contributed by atoms with E-state index in [0.29, 0.717) is 11.3 Å². The van der Waals surface area contributed by atoms with Gasteiger partial charge in [0.2, 0.25) is 0 Å². The largest absolute Gasteiger partial charge is 0.396 e. The molecule has 1 heterocycles. The zero-order chi connectivity index (χ0) is 11.5. The summed E-state index contributed by atoms with van der Waals surface area (Å²) in [7, 11) is 0. The SMILES string of the molecule is CSc1cccc(-n2cc(N)cn2)c1C#N. The number of hydrogen-bond donors (Lipinski definition) is 1. The number of nitrogen functional groups attached to an aromatic ring is 1. The second-order valence-corrected chi connectivity index (χ2v) is 4.03. The van der Waals surface area contributed by atoms with Crippen LogP contribution in [0.2, 0.25) is 0 Å². The van der Waals surface area contributed by atoms with Gasteiger partial charge < -0.3 is 5.73 Å². The highest BCUT2D eigenvalue weighted by Crippen LogP contribution is 2.25. The molecule has 1 aromatic carbocycles. The summed E-state index contributed by atoms with van der Waals surface area (Å²) in [4.78, 5) is 0.939. The van der Waals surface area contributed by atoms with Crippen LogP contribution >= 0.6 is 11.8 Å². The molecule has 0 fully saturated rings. The van der Waals surface area contributed by atoms with E-state index in [9.17, 15) is 0 Å². The maximum Gasteiger partial charge on any atom is 0.103 e. The van der Waals surface area contributed by atoms with E-state index in [0.717, 1.165) is 10.6 Å². The van der Waals surface area contributed by atoms with Gasteiger partial charge in [-0.25, -0.2) is 4.68 Å². The summed E-state index contributed by atoms with van der Waals surface area (Å²) in [5.74, 6) is 0. The number of nitrogens with two attached hydrogens (primary N) is 1. The van der Waals surface area contributed by atoms with Gasteiger partial charge in [-0.15, -0.1) is 11.8 Å². The van der Waals surface area contributed by atoms with Crippen LogP contribution in [0.15, 0.2) is 35.5 Å². The predicted molar refractivity (Wildman–Crippen MR) is 64.5 cm³/mol. The smallest absolute Gasteiger partial charge is 0.103 e. The van der Waals surface area contributed by atoms with E-state index in [-0.39, 0.29) is 0 Å². The Morgan fingerprint density at radius 1 is 1.50 bits per heavy atom. The molecule has 0 aliphatic heterocycles. The second-order valence-electron chi connectivity index (χ2n) is 3.18. The summed E-state index contributed by atoms with van der Waals surface area (Å²) >= 11 is 1.54. The van der Waals surface area contributed by atoms with Crippen molar-refractivity contribution in [2.45, 2.75) is 4.90 Å². The van der Waals surface area contributed by atoms with Crippen molar-refractivity contribution in [2.24, 2.45) is 0 Å². The molecule has 2 N–H and O–H groups in total. The molecule has 0 unspecified atom stereocenters. The van der Waals surface area contributed by atoms with Crippen molar-refractivity contribution < 1.29 is 0 Å². The summed E-state index contributed by atoms with van der Waals surface area (Å²) in [6.45, 7) is 0. The van der Waals surface area contributed by atoms with Crippen molar-refractivity contribution in [1.82, 2.24) is 9.78 Å². The van der Waals surface area contributed by atoms with Crippen LogP contribution in [0.5, 0.6) is 0 Å². The highest BCUT2D eigenvalue weighted by atomic mass is 32.2. The van der Waals surface area contributed by atoms with Gasteiger partial charge in [0.15, 0.2) is 0 Å². The fraction of sp³-hybridized carbons (Fsp3) is 0.0909. The van der Waals surface area contributed by atoms with Gasteiger partial charge in [-0.05, 0) is 18.4 Å². The van der Waals surface area contributed by atoms with E-state index >= 15 is 0 Å². The molecule has 4 nitrogen and oxygen atoms in total. The van der Waals surface area contributed by atoms with E-state index in [1.54, 1.807) is 28.8 Å². The average molecular weight is 230 g/mol. The number of anilines is 1. The standard InChI is InChI=1S/C11H10N4S/c1-16-11-4-2-3-10(9(11)5-12)15-7-8(13)6-14-15/h2-4,6-7H,13H2,1H3. The molecule has 16 heavy (non-hydrogen) atoms. The first kappa shape index (κ1) is 10.6. The number of aromatic nitrogens is 2. The molecule has 0 radical (unpaired) electrons. The van der Waals surface area contributed by atoms with Gasteiger partial charge in [-0.1, -0.05) is 6.07 Å². The van der Waals surface area contributed by atoms with E-state index < -0.39 is 0 Å². The molecule has 0 bridgehead atoms. The lowest BCUT2D eigenvalue weighted by Crippen LogP contribution is -1.99. The predicted octanol–water partition coefficient (Wildman–Crippen LogP) is 2.05. The van der Waals surface area contributed by atoms with E-state index in [1.165, 1.54) is 0 Å². The zero-order valence-electron chi connectivity index (χ0n) is 8.71. The molecule has 0 atom stereocenters. The van der Waals surface area contributed by atoms with Crippen molar-refractivity contribution in [3.05, 3.63) is 36.2 Å². The third-order valence-electron chi connectivity index (χ3n) is 2.19. The molecule has 0 amide bonds. The van der Waals surface area contributed by atoms with Gasteiger partial charge in [0, 0.05) is 4.90 Å². The topological polar surface area (TPSA) is 67.6 Å². The second kappa shape index (κ2) is 4.29. The Morgan fingerprint density at radius 3 is 2.88 bits per heavy atom. The molecule has 0 saturated carbocycles. The Bertz CT molecular complexity index is 553. The monoisotopic (exact) mass is 230 g/mol. The van der Waals surface area contributed by atoms with Gasteiger partial charge in [-0.2, -0.15) is 10.4 Å². The normalized spacial score (nSPS) is 10.0. The Balaban J connectivity index is 2.61. The Morgan fingerprint density at radius 2 is 2.31 bits per heavy atom. The Kier molecular flexibility index (Phi) is 2.84. The van der Waals surface area contributed by atoms with Gasteiger partial charge in [0.1, 0.15) is 6.07 Å². The minimum Gasteiger partial charge on any atom is -0.396 e. The molecule has 0 aliphatic rings. The maximum atomic E-state index is 9.16. The molecule has 2 aromatic rings. The summed E-state index contributed by atoms with van der Waals surface area (Å²) < 4.78 is 1.62. The third-order valence-corrected chi connectivity index (χ3v) is 2.97. The number of nitriles is 1. The summed E-state index contributed by atoms with van der Waals surface area (Å²) in [6.07, 6.45) is 5.20. The molecular weight excluding hydrogens is 220 g/mol. The van der Waals surface area contributed by atoms with Crippen LogP contribution in [0.25, 0.3) is 5.69 Å². The van der Waals surface area contributed by atoms with Crippen LogP contribution < -0.4 is 5.73 Å². The average Bonchev–Trinajstić information content (AvgIpc) is 2.74. The first-order chi connectivity index (χ1) is 7.76. The highest BCUT2D eigenvalue weighted by molar-refractivity contribution is 7.98. The first-order valence-corrected chi connectivity index (χ1v) is 5.86.